The Morgan fingerprint density at radius 2 is 1.32 bits per heavy atom. The minimum absolute atomic E-state index is 0.00639. The van der Waals surface area contributed by atoms with E-state index in [9.17, 15) is 14.4 Å². The second-order valence-electron chi connectivity index (χ2n) is 10.5. The number of amides is 3. The average Bonchev–Trinajstić information content (AvgIpc) is 3.23. The number of allylic oxidation sites excluding steroid dienone is 1. The van der Waals surface area contributed by atoms with Gasteiger partial charge in [-0.25, -0.2) is 0 Å². The SMILES string of the molecule is C=C1CC(SI)C(=O)N1CC[N+](C)(C)Cc1ccc(C[N+](C)(C)CCN2C(=O)C=CC2=O)cc1. The van der Waals surface area contributed by atoms with E-state index in [2.05, 4.69) is 80.2 Å². The number of quaternary nitrogens is 2. The molecular weight excluding hydrogens is 563 g/mol. The highest BCUT2D eigenvalue weighted by Crippen LogP contribution is 2.34. The number of halogens is 1. The van der Waals surface area contributed by atoms with Crippen molar-refractivity contribution >= 4 is 47.9 Å². The largest absolute Gasteiger partial charge is 0.323 e. The van der Waals surface area contributed by atoms with Gasteiger partial charge in [0, 0.05) is 35.4 Å². The van der Waals surface area contributed by atoms with Crippen molar-refractivity contribution in [1.82, 2.24) is 9.80 Å². The van der Waals surface area contributed by atoms with Gasteiger partial charge in [0.1, 0.15) is 13.1 Å². The Morgan fingerprint density at radius 3 is 1.74 bits per heavy atom. The molecule has 2 aliphatic rings. The van der Waals surface area contributed by atoms with Crippen LogP contribution in [-0.2, 0) is 27.5 Å². The molecule has 1 fully saturated rings. The van der Waals surface area contributed by atoms with Crippen LogP contribution < -0.4 is 0 Å². The first-order valence-electron chi connectivity index (χ1n) is 11.4. The van der Waals surface area contributed by atoms with E-state index in [1.807, 2.05) is 4.90 Å². The third-order valence-electron chi connectivity index (χ3n) is 6.45. The van der Waals surface area contributed by atoms with Gasteiger partial charge in [0.25, 0.3) is 11.8 Å². The molecule has 3 amide bonds. The number of likely N-dealkylation sites (tertiary alicyclic amines) is 1. The summed E-state index contributed by atoms with van der Waals surface area (Å²) in [5.74, 6) is -0.265. The lowest BCUT2D eigenvalue weighted by molar-refractivity contribution is -0.903. The molecule has 1 aromatic carbocycles. The molecule has 0 N–H and O–H groups in total. The molecule has 7 nitrogen and oxygen atoms in total. The van der Waals surface area contributed by atoms with Gasteiger partial charge < -0.3 is 13.9 Å². The summed E-state index contributed by atoms with van der Waals surface area (Å²) in [6, 6.07) is 8.68. The lowest BCUT2D eigenvalue weighted by Crippen LogP contribution is -2.46. The first kappa shape index (κ1) is 26.9. The van der Waals surface area contributed by atoms with Crippen LogP contribution in [0.4, 0.5) is 0 Å². The van der Waals surface area contributed by atoms with Gasteiger partial charge in [-0.05, 0) is 21.2 Å². The monoisotopic (exact) mass is 598 g/mol. The molecule has 3 rings (SSSR count). The summed E-state index contributed by atoms with van der Waals surface area (Å²) in [5, 5.41) is 0.00639. The summed E-state index contributed by atoms with van der Waals surface area (Å²) in [6.07, 6.45) is 3.42. The molecule has 0 bridgehead atoms. The number of hydrogen-bond donors (Lipinski definition) is 0. The highest BCUT2D eigenvalue weighted by molar-refractivity contribution is 14.2. The van der Waals surface area contributed by atoms with Crippen LogP contribution in [-0.4, -0.2) is 96.1 Å². The van der Waals surface area contributed by atoms with Crippen molar-refractivity contribution in [3.8, 4) is 0 Å². The highest BCUT2D eigenvalue weighted by Gasteiger charge is 2.35. The third-order valence-corrected chi connectivity index (χ3v) is 8.88. The van der Waals surface area contributed by atoms with Crippen LogP contribution in [0.15, 0.2) is 48.7 Å². The van der Waals surface area contributed by atoms with Gasteiger partial charge in [-0.15, -0.1) is 0 Å². The fourth-order valence-corrected chi connectivity index (χ4v) is 6.02. The van der Waals surface area contributed by atoms with Gasteiger partial charge in [-0.2, -0.15) is 0 Å². The standard InChI is InChI=1S/C25H35IN4O3S/c1-19-16-22(34-26)25(33)27(19)12-14-29(2,3)17-20-6-8-21(9-7-20)18-30(4,5)15-13-28-23(31)10-11-24(28)32/h6-11,22H,1,12-18H2,2-5H3/q+2. The Labute approximate surface area is 219 Å². The van der Waals surface area contributed by atoms with E-state index < -0.39 is 0 Å². The highest BCUT2D eigenvalue weighted by atomic mass is 127. The van der Waals surface area contributed by atoms with Gasteiger partial charge in [0.2, 0.25) is 5.91 Å². The lowest BCUT2D eigenvalue weighted by Gasteiger charge is -2.32. The Bertz CT molecular complexity index is 972. The zero-order valence-corrected chi connectivity index (χ0v) is 23.5. The maximum absolute atomic E-state index is 12.5. The number of carbonyl (C=O) groups excluding carboxylic acids is 3. The van der Waals surface area contributed by atoms with Crippen LogP contribution >= 0.6 is 30.1 Å². The average molecular weight is 599 g/mol. The van der Waals surface area contributed by atoms with Crippen molar-refractivity contribution in [3.63, 3.8) is 0 Å². The van der Waals surface area contributed by atoms with E-state index in [4.69, 9.17) is 0 Å². The molecule has 2 aliphatic heterocycles. The predicted octanol–water partition coefficient (Wildman–Crippen LogP) is 2.96. The van der Waals surface area contributed by atoms with E-state index >= 15 is 0 Å². The van der Waals surface area contributed by atoms with Crippen LogP contribution in [0.1, 0.15) is 17.5 Å². The van der Waals surface area contributed by atoms with E-state index in [0.717, 1.165) is 36.2 Å². The molecule has 0 radical (unpaired) electrons. The number of benzene rings is 1. The molecular formula is C25H35IN4O3S+2. The predicted molar refractivity (Wildman–Crippen MR) is 145 cm³/mol. The fraction of sp³-hybridized carbons (Fsp3) is 0.480. The van der Waals surface area contributed by atoms with E-state index in [0.29, 0.717) is 24.1 Å². The van der Waals surface area contributed by atoms with E-state index in [1.54, 1.807) is 8.93 Å². The minimum atomic E-state index is -0.225. The number of nitrogens with zero attached hydrogens (tertiary/aromatic N) is 4. The molecule has 1 unspecified atom stereocenters. The smallest absolute Gasteiger partial charge is 0.253 e. The van der Waals surface area contributed by atoms with Crippen LogP contribution in [0.3, 0.4) is 0 Å². The minimum Gasteiger partial charge on any atom is -0.323 e. The molecule has 1 saturated heterocycles. The van der Waals surface area contributed by atoms with Crippen LogP contribution in [0.5, 0.6) is 0 Å². The zero-order chi connectivity index (χ0) is 25.1. The Hall–Kier alpha value is -1.69. The summed E-state index contributed by atoms with van der Waals surface area (Å²) in [5.41, 5.74) is 3.40. The van der Waals surface area contributed by atoms with Gasteiger partial charge >= 0.3 is 0 Å². The van der Waals surface area contributed by atoms with Crippen molar-refractivity contribution in [2.75, 3.05) is 54.4 Å². The molecule has 0 aromatic heterocycles. The summed E-state index contributed by atoms with van der Waals surface area (Å²) in [6.45, 7) is 8.46. The number of rotatable bonds is 11. The summed E-state index contributed by atoms with van der Waals surface area (Å²) in [4.78, 5) is 39.2. The lowest BCUT2D eigenvalue weighted by atomic mass is 10.1. The van der Waals surface area contributed by atoms with Crippen molar-refractivity contribution in [3.05, 3.63) is 59.8 Å². The summed E-state index contributed by atoms with van der Waals surface area (Å²) in [7, 11) is 10.2. The van der Waals surface area contributed by atoms with Gasteiger partial charge in [-0.3, -0.25) is 19.3 Å². The maximum Gasteiger partial charge on any atom is 0.253 e. The summed E-state index contributed by atoms with van der Waals surface area (Å²) < 4.78 is 1.47. The Balaban J connectivity index is 1.50. The van der Waals surface area contributed by atoms with Crippen molar-refractivity contribution in [1.29, 1.82) is 0 Å². The van der Waals surface area contributed by atoms with Crippen molar-refractivity contribution < 1.29 is 23.3 Å². The molecule has 9 heteroatoms. The number of imide groups is 1. The molecule has 34 heavy (non-hydrogen) atoms. The molecule has 1 aromatic rings. The molecule has 1 atom stereocenters. The number of carbonyl (C=O) groups is 3. The third kappa shape index (κ3) is 6.93. The van der Waals surface area contributed by atoms with E-state index in [1.165, 1.54) is 28.2 Å². The maximum atomic E-state index is 12.5. The van der Waals surface area contributed by atoms with Gasteiger partial charge in [-0.1, -0.05) is 39.8 Å². The van der Waals surface area contributed by atoms with Gasteiger partial charge in [0.15, 0.2) is 0 Å². The number of likely N-dealkylation sites (N-methyl/N-ethyl adjacent to an activating group) is 2. The fourth-order valence-electron chi connectivity index (χ4n) is 4.37. The molecule has 0 saturated carbocycles. The van der Waals surface area contributed by atoms with E-state index in [-0.39, 0.29) is 23.0 Å². The zero-order valence-electron chi connectivity index (χ0n) is 20.5. The second kappa shape index (κ2) is 10.9. The molecule has 2 heterocycles. The normalized spacial score (nSPS) is 19.1. The number of hydrogen-bond acceptors (Lipinski definition) is 4. The Kier molecular flexibility index (Phi) is 8.65. The Morgan fingerprint density at radius 1 is 0.882 bits per heavy atom. The molecule has 0 aliphatic carbocycles. The van der Waals surface area contributed by atoms with Crippen LogP contribution in [0.25, 0.3) is 0 Å². The van der Waals surface area contributed by atoms with Crippen molar-refractivity contribution in [2.24, 2.45) is 0 Å². The van der Waals surface area contributed by atoms with Crippen molar-refractivity contribution in [2.45, 2.75) is 24.8 Å². The van der Waals surface area contributed by atoms with Crippen LogP contribution in [0.2, 0.25) is 0 Å². The summed E-state index contributed by atoms with van der Waals surface area (Å²) >= 11 is 2.20. The quantitative estimate of drug-likeness (QED) is 0.224. The second-order valence-corrected chi connectivity index (χ2v) is 12.7. The van der Waals surface area contributed by atoms with Crippen LogP contribution in [0, 0.1) is 0 Å². The van der Waals surface area contributed by atoms with Gasteiger partial charge in [0.05, 0.1) is 59.6 Å². The molecule has 184 valence electrons. The molecule has 0 spiro atoms. The first-order chi connectivity index (χ1) is 15.9. The first-order valence-corrected chi connectivity index (χ1v) is 14.8. The topological polar surface area (TPSA) is 57.7 Å².